The van der Waals surface area contributed by atoms with Crippen LogP contribution in [-0.4, -0.2) is 26.3 Å². The summed E-state index contributed by atoms with van der Waals surface area (Å²) in [6.45, 7) is 1.67. The topological polar surface area (TPSA) is 68.8 Å². The molecule has 0 saturated carbocycles. The second-order valence-corrected chi connectivity index (χ2v) is 7.16. The molecule has 0 unspecified atom stereocenters. The summed E-state index contributed by atoms with van der Waals surface area (Å²) in [6, 6.07) is 22.1. The van der Waals surface area contributed by atoms with Gasteiger partial charge in [0.15, 0.2) is 0 Å². The molecule has 6 nitrogen and oxygen atoms in total. The highest BCUT2D eigenvalue weighted by Gasteiger charge is 2.03. The van der Waals surface area contributed by atoms with Crippen molar-refractivity contribution in [2.24, 2.45) is 0 Å². The van der Waals surface area contributed by atoms with Crippen LogP contribution in [0.1, 0.15) is 11.1 Å². The Labute approximate surface area is 187 Å². The van der Waals surface area contributed by atoms with E-state index < -0.39 is 0 Å². The normalized spacial score (nSPS) is 10.4. The number of hydrogen-bond acceptors (Lipinski definition) is 4. The van der Waals surface area contributed by atoms with Gasteiger partial charge in [-0.05, 0) is 59.7 Å². The van der Waals surface area contributed by atoms with Gasteiger partial charge in [0.25, 0.3) is 0 Å². The van der Waals surface area contributed by atoms with Crippen LogP contribution in [0, 0.1) is 0 Å². The summed E-state index contributed by atoms with van der Waals surface area (Å²) in [5, 5.41) is 6.23. The fraction of sp³-hybridized carbons (Fsp3) is 0.208. The molecule has 0 heterocycles. The van der Waals surface area contributed by atoms with Gasteiger partial charge in [-0.3, -0.25) is 0 Å². The predicted molar refractivity (Wildman–Crippen MR) is 122 cm³/mol. The largest absolute Gasteiger partial charge is 0.497 e. The van der Waals surface area contributed by atoms with E-state index in [9.17, 15) is 4.79 Å². The molecule has 0 atom stereocenters. The van der Waals surface area contributed by atoms with Gasteiger partial charge in [0.2, 0.25) is 0 Å². The summed E-state index contributed by atoms with van der Waals surface area (Å²) < 4.78 is 16.5. The molecule has 0 aliphatic heterocycles. The quantitative estimate of drug-likeness (QED) is 0.421. The molecule has 0 spiro atoms. The summed E-state index contributed by atoms with van der Waals surface area (Å²) in [5.74, 6) is 1.52. The van der Waals surface area contributed by atoms with Gasteiger partial charge in [0, 0.05) is 10.7 Å². The molecule has 162 valence electrons. The first kappa shape index (κ1) is 22.5. The minimum Gasteiger partial charge on any atom is -0.497 e. The number of benzene rings is 3. The van der Waals surface area contributed by atoms with Crippen molar-refractivity contribution >= 4 is 23.3 Å². The number of halogens is 1. The Kier molecular flexibility index (Phi) is 8.58. The van der Waals surface area contributed by atoms with E-state index in [-0.39, 0.29) is 6.03 Å². The molecule has 3 rings (SSSR count). The van der Waals surface area contributed by atoms with Crippen molar-refractivity contribution in [2.75, 3.05) is 25.6 Å². The fourth-order valence-corrected chi connectivity index (χ4v) is 2.91. The van der Waals surface area contributed by atoms with E-state index in [1.54, 1.807) is 31.4 Å². The molecule has 0 bridgehead atoms. The van der Waals surface area contributed by atoms with E-state index in [1.165, 1.54) is 0 Å². The van der Waals surface area contributed by atoms with Gasteiger partial charge in [-0.1, -0.05) is 35.9 Å². The average molecular weight is 441 g/mol. The maximum Gasteiger partial charge on any atom is 0.319 e. The van der Waals surface area contributed by atoms with Gasteiger partial charge in [-0.15, -0.1) is 0 Å². The Balaban J connectivity index is 1.37. The summed E-state index contributed by atoms with van der Waals surface area (Å²) in [6.07, 6.45) is 0. The third kappa shape index (κ3) is 7.85. The molecule has 7 heteroatoms. The number of carbonyl (C=O) groups is 1. The smallest absolute Gasteiger partial charge is 0.319 e. The van der Waals surface area contributed by atoms with Crippen LogP contribution in [0.3, 0.4) is 0 Å². The SMILES string of the molecule is COc1ccc(COCc2cccc(NC(=O)NCCOc3ccc(Cl)cc3)c2)cc1. The maximum absolute atomic E-state index is 12.1. The van der Waals surface area contributed by atoms with Crippen molar-refractivity contribution in [3.63, 3.8) is 0 Å². The summed E-state index contributed by atoms with van der Waals surface area (Å²) >= 11 is 5.84. The number of amides is 2. The van der Waals surface area contributed by atoms with Crippen LogP contribution in [0.25, 0.3) is 0 Å². The molecule has 0 aromatic heterocycles. The molecule has 0 radical (unpaired) electrons. The standard InChI is InChI=1S/C24H25ClN2O4/c1-29-22-9-5-18(6-10-22)16-30-17-19-3-2-4-21(15-19)27-24(28)26-13-14-31-23-11-7-20(25)8-12-23/h2-12,15H,13-14,16-17H2,1H3,(H2,26,27,28). The summed E-state index contributed by atoms with van der Waals surface area (Å²) in [4.78, 5) is 12.1. The number of rotatable bonds is 10. The highest BCUT2D eigenvalue weighted by molar-refractivity contribution is 6.30. The zero-order valence-corrected chi connectivity index (χ0v) is 18.0. The zero-order chi connectivity index (χ0) is 21.9. The van der Waals surface area contributed by atoms with Crippen molar-refractivity contribution in [3.05, 3.63) is 88.9 Å². The third-order valence-electron chi connectivity index (χ3n) is 4.35. The van der Waals surface area contributed by atoms with E-state index in [0.717, 1.165) is 16.9 Å². The van der Waals surface area contributed by atoms with Gasteiger partial charge >= 0.3 is 6.03 Å². The second kappa shape index (κ2) is 11.8. The lowest BCUT2D eigenvalue weighted by molar-refractivity contribution is 0.107. The van der Waals surface area contributed by atoms with E-state index in [2.05, 4.69) is 10.6 Å². The lowest BCUT2D eigenvalue weighted by atomic mass is 10.2. The molecular weight excluding hydrogens is 416 g/mol. The van der Waals surface area contributed by atoms with E-state index in [1.807, 2.05) is 48.5 Å². The van der Waals surface area contributed by atoms with Gasteiger partial charge in [-0.2, -0.15) is 0 Å². The Bertz CT molecular complexity index is 962. The highest BCUT2D eigenvalue weighted by atomic mass is 35.5. The molecule has 0 saturated heterocycles. The monoisotopic (exact) mass is 440 g/mol. The van der Waals surface area contributed by atoms with Crippen molar-refractivity contribution in [1.82, 2.24) is 5.32 Å². The van der Waals surface area contributed by atoms with Crippen molar-refractivity contribution < 1.29 is 19.0 Å². The molecular formula is C24H25ClN2O4. The number of carbonyl (C=O) groups excluding carboxylic acids is 1. The molecule has 2 amide bonds. The molecule has 0 aliphatic rings. The predicted octanol–water partition coefficient (Wildman–Crippen LogP) is 5.27. The van der Waals surface area contributed by atoms with Crippen LogP contribution in [0.2, 0.25) is 5.02 Å². The van der Waals surface area contributed by atoms with E-state index in [4.69, 9.17) is 25.8 Å². The Morgan fingerprint density at radius 1 is 0.903 bits per heavy atom. The van der Waals surface area contributed by atoms with Crippen LogP contribution in [-0.2, 0) is 18.0 Å². The number of hydrogen-bond donors (Lipinski definition) is 2. The van der Waals surface area contributed by atoms with Gasteiger partial charge in [0.1, 0.15) is 18.1 Å². The minimum atomic E-state index is -0.295. The first-order valence-electron chi connectivity index (χ1n) is 9.85. The van der Waals surface area contributed by atoms with Crippen LogP contribution < -0.4 is 20.1 Å². The number of anilines is 1. The first-order chi connectivity index (χ1) is 15.1. The molecule has 0 aliphatic carbocycles. The van der Waals surface area contributed by atoms with Crippen LogP contribution >= 0.6 is 11.6 Å². The highest BCUT2D eigenvalue weighted by Crippen LogP contribution is 2.16. The molecule has 3 aromatic carbocycles. The Morgan fingerprint density at radius 2 is 1.61 bits per heavy atom. The van der Waals surface area contributed by atoms with Crippen LogP contribution in [0.15, 0.2) is 72.8 Å². The van der Waals surface area contributed by atoms with Crippen LogP contribution in [0.4, 0.5) is 10.5 Å². The Morgan fingerprint density at radius 3 is 2.35 bits per heavy atom. The molecule has 0 fully saturated rings. The number of urea groups is 1. The lowest BCUT2D eigenvalue weighted by Gasteiger charge is -2.10. The van der Waals surface area contributed by atoms with E-state index >= 15 is 0 Å². The lowest BCUT2D eigenvalue weighted by Crippen LogP contribution is -2.32. The zero-order valence-electron chi connectivity index (χ0n) is 17.3. The summed E-state index contributed by atoms with van der Waals surface area (Å²) in [5.41, 5.74) is 2.73. The first-order valence-corrected chi connectivity index (χ1v) is 10.2. The van der Waals surface area contributed by atoms with Crippen molar-refractivity contribution in [3.8, 4) is 11.5 Å². The van der Waals surface area contributed by atoms with Gasteiger partial charge < -0.3 is 24.8 Å². The third-order valence-corrected chi connectivity index (χ3v) is 4.60. The fourth-order valence-electron chi connectivity index (χ4n) is 2.79. The summed E-state index contributed by atoms with van der Waals surface area (Å²) in [7, 11) is 1.64. The second-order valence-electron chi connectivity index (χ2n) is 6.72. The van der Waals surface area contributed by atoms with E-state index in [0.29, 0.717) is 42.8 Å². The average Bonchev–Trinajstić information content (AvgIpc) is 2.79. The van der Waals surface area contributed by atoms with Gasteiger partial charge in [0.05, 0.1) is 26.9 Å². The van der Waals surface area contributed by atoms with Crippen molar-refractivity contribution in [2.45, 2.75) is 13.2 Å². The molecule has 31 heavy (non-hydrogen) atoms. The molecule has 2 N–H and O–H groups in total. The Hall–Kier alpha value is -3.22. The molecule has 3 aromatic rings. The maximum atomic E-state index is 12.1. The number of nitrogens with one attached hydrogen (secondary N) is 2. The van der Waals surface area contributed by atoms with Crippen LogP contribution in [0.5, 0.6) is 11.5 Å². The number of methoxy groups -OCH3 is 1. The van der Waals surface area contributed by atoms with Gasteiger partial charge in [-0.25, -0.2) is 4.79 Å². The number of ether oxygens (including phenoxy) is 3. The van der Waals surface area contributed by atoms with Crippen molar-refractivity contribution in [1.29, 1.82) is 0 Å². The minimum absolute atomic E-state index is 0.295.